The molecule has 0 aliphatic rings. The van der Waals surface area contributed by atoms with Gasteiger partial charge in [0.05, 0.1) is 5.52 Å². The van der Waals surface area contributed by atoms with Gasteiger partial charge in [-0.05, 0) is 12.1 Å². The minimum atomic E-state index is -1.25. The molecule has 0 aliphatic carbocycles. The minimum absolute atomic E-state index is 0. The molecule has 0 fully saturated rings. The summed E-state index contributed by atoms with van der Waals surface area (Å²) in [5.74, 6) is -0.674. The third-order valence-electron chi connectivity index (χ3n) is 3.00. The number of carboxylic acid groups (broad SMARTS) is 1. The lowest BCUT2D eigenvalue weighted by Crippen LogP contribution is -2.29. The lowest BCUT2D eigenvalue weighted by atomic mass is 10.1. The minimum Gasteiger partial charge on any atom is -0.492 e. The van der Waals surface area contributed by atoms with Crippen LogP contribution in [0.25, 0.3) is 10.9 Å². The third kappa shape index (κ3) is 3.32. The quantitative estimate of drug-likeness (QED) is 0.837. The molecule has 7 nitrogen and oxygen atoms in total. The summed E-state index contributed by atoms with van der Waals surface area (Å²) in [6, 6.07) is 4.89. The van der Waals surface area contributed by atoms with Crippen molar-refractivity contribution in [2.75, 3.05) is 32.3 Å². The van der Waals surface area contributed by atoms with Crippen LogP contribution in [0, 0.1) is 0 Å². The van der Waals surface area contributed by atoms with Crippen molar-refractivity contribution in [3.63, 3.8) is 0 Å². The molecule has 1 aromatic carbocycles. The van der Waals surface area contributed by atoms with Gasteiger partial charge in [0, 0.05) is 38.3 Å². The van der Waals surface area contributed by atoms with E-state index >= 15 is 0 Å². The van der Waals surface area contributed by atoms with E-state index in [1.54, 1.807) is 42.0 Å². The zero-order valence-electron chi connectivity index (χ0n) is 12.3. The Morgan fingerprint density at radius 3 is 2.64 bits per heavy atom. The highest BCUT2D eigenvalue weighted by molar-refractivity contribution is 5.93. The SMILES string of the molecule is CN(C)n1cc(C(=O)O)c(=O)c2ccc(OCCN)cc21.Cl. The fourth-order valence-corrected chi connectivity index (χ4v) is 2.04. The van der Waals surface area contributed by atoms with Gasteiger partial charge in [0.2, 0.25) is 5.43 Å². The molecule has 2 aromatic rings. The van der Waals surface area contributed by atoms with Gasteiger partial charge in [0.15, 0.2) is 0 Å². The number of ether oxygens (including phenoxy) is 1. The molecular formula is C14H18ClN3O4. The number of carboxylic acids is 1. The summed E-state index contributed by atoms with van der Waals surface area (Å²) in [5, 5.41) is 11.1. The molecule has 0 unspecified atom stereocenters. The van der Waals surface area contributed by atoms with Gasteiger partial charge in [-0.15, -0.1) is 12.4 Å². The van der Waals surface area contributed by atoms with Crippen LogP contribution in [-0.2, 0) is 0 Å². The van der Waals surface area contributed by atoms with Crippen molar-refractivity contribution < 1.29 is 14.6 Å². The number of halogens is 1. The zero-order valence-corrected chi connectivity index (χ0v) is 13.1. The van der Waals surface area contributed by atoms with Gasteiger partial charge < -0.3 is 20.6 Å². The number of pyridine rings is 1. The van der Waals surface area contributed by atoms with Gasteiger partial charge in [-0.1, -0.05) is 0 Å². The molecule has 1 heterocycles. The Balaban J connectivity index is 0.00000242. The Kier molecular flexibility index (Phi) is 5.78. The molecule has 0 aliphatic heterocycles. The first-order valence-electron chi connectivity index (χ1n) is 6.39. The summed E-state index contributed by atoms with van der Waals surface area (Å²) in [6.07, 6.45) is 1.31. The molecule has 0 radical (unpaired) electrons. The van der Waals surface area contributed by atoms with E-state index in [9.17, 15) is 9.59 Å². The van der Waals surface area contributed by atoms with E-state index in [0.29, 0.717) is 29.8 Å². The second-order valence-electron chi connectivity index (χ2n) is 4.68. The maximum atomic E-state index is 12.2. The molecule has 3 N–H and O–H groups in total. The Morgan fingerprint density at radius 1 is 1.41 bits per heavy atom. The van der Waals surface area contributed by atoms with E-state index in [4.69, 9.17) is 15.6 Å². The van der Waals surface area contributed by atoms with Crippen molar-refractivity contribution in [3.8, 4) is 5.75 Å². The molecular weight excluding hydrogens is 310 g/mol. The van der Waals surface area contributed by atoms with E-state index in [-0.39, 0.29) is 18.0 Å². The van der Waals surface area contributed by atoms with Crippen molar-refractivity contribution >= 4 is 29.3 Å². The maximum Gasteiger partial charge on any atom is 0.341 e. The summed E-state index contributed by atoms with van der Waals surface area (Å²) >= 11 is 0. The third-order valence-corrected chi connectivity index (χ3v) is 3.00. The van der Waals surface area contributed by atoms with Crippen LogP contribution in [0.1, 0.15) is 10.4 Å². The lowest BCUT2D eigenvalue weighted by Gasteiger charge is -2.20. The number of benzene rings is 1. The van der Waals surface area contributed by atoms with Gasteiger partial charge >= 0.3 is 5.97 Å². The number of nitrogens with zero attached hydrogens (tertiary/aromatic N) is 2. The monoisotopic (exact) mass is 327 g/mol. The van der Waals surface area contributed by atoms with E-state index < -0.39 is 11.4 Å². The lowest BCUT2D eigenvalue weighted by molar-refractivity contribution is 0.0695. The molecule has 1 aromatic heterocycles. The molecule has 0 saturated heterocycles. The molecule has 0 bridgehead atoms. The second-order valence-corrected chi connectivity index (χ2v) is 4.68. The van der Waals surface area contributed by atoms with Crippen molar-refractivity contribution in [1.29, 1.82) is 0 Å². The predicted octanol–water partition coefficient (Wildman–Crippen LogP) is 0.657. The topological polar surface area (TPSA) is 97.8 Å². The van der Waals surface area contributed by atoms with E-state index in [0.717, 1.165) is 0 Å². The second kappa shape index (κ2) is 7.15. The molecule has 0 spiro atoms. The fourth-order valence-electron chi connectivity index (χ4n) is 2.04. The molecule has 0 amide bonds. The standard InChI is InChI=1S/C14H17N3O4.ClH/c1-16(2)17-8-11(14(19)20)13(18)10-4-3-9(7-12(10)17)21-6-5-15;/h3-4,7-8H,5-6,15H2,1-2H3,(H,19,20);1H. The number of nitrogens with two attached hydrogens (primary N) is 1. The summed E-state index contributed by atoms with van der Waals surface area (Å²) in [4.78, 5) is 23.4. The number of fused-ring (bicyclic) bond motifs is 1. The van der Waals surface area contributed by atoms with Crippen molar-refractivity contribution in [3.05, 3.63) is 40.2 Å². The Bertz CT molecular complexity index is 743. The first-order valence-corrected chi connectivity index (χ1v) is 6.39. The number of rotatable bonds is 5. The van der Waals surface area contributed by atoms with Gasteiger partial charge in [0.25, 0.3) is 0 Å². The zero-order chi connectivity index (χ0) is 15.6. The number of hydrogen-bond donors (Lipinski definition) is 2. The molecule has 22 heavy (non-hydrogen) atoms. The first-order chi connectivity index (χ1) is 9.95. The van der Waals surface area contributed by atoms with Gasteiger partial charge in [-0.2, -0.15) is 0 Å². The molecule has 120 valence electrons. The largest absolute Gasteiger partial charge is 0.492 e. The highest BCUT2D eigenvalue weighted by Gasteiger charge is 2.15. The van der Waals surface area contributed by atoms with Crippen LogP contribution in [-0.4, -0.2) is 43.0 Å². The van der Waals surface area contributed by atoms with Crippen LogP contribution in [0.5, 0.6) is 5.75 Å². The molecule has 0 atom stereocenters. The Labute approximate surface area is 133 Å². The first kappa shape index (κ1) is 17.8. The normalized spacial score (nSPS) is 10.1. The summed E-state index contributed by atoms with van der Waals surface area (Å²) in [6.45, 7) is 0.751. The molecule has 2 rings (SSSR count). The number of aromatic nitrogens is 1. The van der Waals surface area contributed by atoms with Crippen molar-refractivity contribution in [2.24, 2.45) is 5.73 Å². The van der Waals surface area contributed by atoms with Crippen LogP contribution in [0.2, 0.25) is 0 Å². The maximum absolute atomic E-state index is 12.2. The van der Waals surface area contributed by atoms with Crippen LogP contribution >= 0.6 is 12.4 Å². The predicted molar refractivity (Wildman–Crippen MR) is 87.0 cm³/mol. The Hall–Kier alpha value is -2.25. The smallest absolute Gasteiger partial charge is 0.341 e. The summed E-state index contributed by atoms with van der Waals surface area (Å²) in [5.41, 5.74) is 5.18. The van der Waals surface area contributed by atoms with Gasteiger partial charge in [-0.3, -0.25) is 9.47 Å². The van der Waals surface area contributed by atoms with E-state index in [1.807, 2.05) is 0 Å². The highest BCUT2D eigenvalue weighted by Crippen LogP contribution is 2.19. The summed E-state index contributed by atoms with van der Waals surface area (Å²) < 4.78 is 7.03. The van der Waals surface area contributed by atoms with Gasteiger partial charge in [-0.25, -0.2) is 4.79 Å². The van der Waals surface area contributed by atoms with E-state index in [2.05, 4.69) is 0 Å². The molecule has 8 heteroatoms. The number of carbonyl (C=O) groups is 1. The average molecular weight is 328 g/mol. The number of aromatic carboxylic acids is 1. The van der Waals surface area contributed by atoms with E-state index in [1.165, 1.54) is 6.20 Å². The Morgan fingerprint density at radius 2 is 2.09 bits per heavy atom. The number of hydrogen-bond acceptors (Lipinski definition) is 5. The van der Waals surface area contributed by atoms with Crippen LogP contribution in [0.15, 0.2) is 29.2 Å². The summed E-state index contributed by atoms with van der Waals surface area (Å²) in [7, 11) is 3.51. The van der Waals surface area contributed by atoms with Crippen LogP contribution < -0.4 is 20.9 Å². The van der Waals surface area contributed by atoms with Crippen LogP contribution in [0.4, 0.5) is 0 Å². The fraction of sp³-hybridized carbons (Fsp3) is 0.286. The van der Waals surface area contributed by atoms with Crippen LogP contribution in [0.3, 0.4) is 0 Å². The average Bonchev–Trinajstić information content (AvgIpc) is 2.44. The van der Waals surface area contributed by atoms with Crippen molar-refractivity contribution in [1.82, 2.24) is 4.68 Å². The van der Waals surface area contributed by atoms with Gasteiger partial charge in [0.1, 0.15) is 17.9 Å². The molecule has 0 saturated carbocycles. The van der Waals surface area contributed by atoms with Crippen molar-refractivity contribution in [2.45, 2.75) is 0 Å². The highest BCUT2D eigenvalue weighted by atomic mass is 35.5.